The zero-order valence-corrected chi connectivity index (χ0v) is 16.8. The molecule has 0 aromatic carbocycles. The molecule has 0 bridgehead atoms. The number of rotatable bonds is 5. The van der Waals surface area contributed by atoms with Crippen LogP contribution in [0.5, 0.6) is 0 Å². The van der Waals surface area contributed by atoms with Gasteiger partial charge in [0.1, 0.15) is 4.32 Å². The first-order valence-electron chi connectivity index (χ1n) is 9.18. The van der Waals surface area contributed by atoms with Crippen LogP contribution in [0, 0.1) is 0 Å². The van der Waals surface area contributed by atoms with Gasteiger partial charge >= 0.3 is 12.0 Å². The SMILES string of the molecule is C[C@@H](OC(=O)CSC(=S)N1CCCC1)C(=O)NC(=O)NC1CCCCC1. The van der Waals surface area contributed by atoms with E-state index in [4.69, 9.17) is 17.0 Å². The Kier molecular flexibility index (Phi) is 8.64. The molecule has 0 radical (unpaired) electrons. The Morgan fingerprint density at radius 2 is 1.81 bits per heavy atom. The van der Waals surface area contributed by atoms with E-state index in [2.05, 4.69) is 15.5 Å². The molecule has 2 rings (SSSR count). The van der Waals surface area contributed by atoms with Crippen LogP contribution >= 0.6 is 24.0 Å². The Hall–Kier alpha value is -1.35. The molecule has 2 fully saturated rings. The molecule has 9 heteroatoms. The lowest BCUT2D eigenvalue weighted by Gasteiger charge is -2.23. The normalized spacial score (nSPS) is 18.9. The summed E-state index contributed by atoms with van der Waals surface area (Å²) in [5, 5.41) is 5.03. The number of carbonyl (C=O) groups is 3. The highest BCUT2D eigenvalue weighted by Crippen LogP contribution is 2.17. The van der Waals surface area contributed by atoms with Crippen LogP contribution < -0.4 is 10.6 Å². The maximum Gasteiger partial charge on any atom is 0.321 e. The van der Waals surface area contributed by atoms with Gasteiger partial charge in [0.05, 0.1) is 5.75 Å². The summed E-state index contributed by atoms with van der Waals surface area (Å²) >= 11 is 6.53. The summed E-state index contributed by atoms with van der Waals surface area (Å²) in [6.07, 6.45) is 6.43. The Morgan fingerprint density at radius 3 is 2.46 bits per heavy atom. The molecule has 0 aromatic heterocycles. The molecule has 7 nitrogen and oxygen atoms in total. The summed E-state index contributed by atoms with van der Waals surface area (Å²) < 4.78 is 5.77. The van der Waals surface area contributed by atoms with Crippen LogP contribution in [-0.2, 0) is 14.3 Å². The second kappa shape index (κ2) is 10.7. The van der Waals surface area contributed by atoms with Gasteiger partial charge in [-0.05, 0) is 32.6 Å². The topological polar surface area (TPSA) is 87.7 Å². The monoisotopic (exact) mass is 401 g/mol. The first-order chi connectivity index (χ1) is 12.5. The van der Waals surface area contributed by atoms with E-state index in [0.717, 1.165) is 51.6 Å². The quantitative estimate of drug-likeness (QED) is 0.539. The summed E-state index contributed by atoms with van der Waals surface area (Å²) in [6, 6.07) is -0.424. The number of amides is 3. The van der Waals surface area contributed by atoms with E-state index >= 15 is 0 Å². The van der Waals surface area contributed by atoms with E-state index in [1.54, 1.807) is 0 Å². The van der Waals surface area contributed by atoms with Crippen molar-refractivity contribution >= 4 is 46.2 Å². The van der Waals surface area contributed by atoms with Gasteiger partial charge in [0.2, 0.25) is 0 Å². The van der Waals surface area contributed by atoms with Crippen molar-refractivity contribution in [3.63, 3.8) is 0 Å². The van der Waals surface area contributed by atoms with Gasteiger partial charge in [0.15, 0.2) is 6.10 Å². The van der Waals surface area contributed by atoms with Crippen molar-refractivity contribution in [2.75, 3.05) is 18.8 Å². The van der Waals surface area contributed by atoms with Crippen LogP contribution in [0.3, 0.4) is 0 Å². The lowest BCUT2D eigenvalue weighted by molar-refractivity contribution is -0.151. The number of nitrogens with one attached hydrogen (secondary N) is 2. The third kappa shape index (κ3) is 7.11. The average Bonchev–Trinajstić information content (AvgIpc) is 3.15. The van der Waals surface area contributed by atoms with Crippen LogP contribution in [0.2, 0.25) is 0 Å². The predicted octanol–water partition coefficient (Wildman–Crippen LogP) is 2.19. The molecule has 1 atom stereocenters. The van der Waals surface area contributed by atoms with Gasteiger partial charge in [-0.1, -0.05) is 43.2 Å². The van der Waals surface area contributed by atoms with E-state index in [9.17, 15) is 14.4 Å². The molecule has 0 spiro atoms. The number of hydrogen-bond acceptors (Lipinski definition) is 6. The van der Waals surface area contributed by atoms with Crippen LogP contribution in [0.4, 0.5) is 4.79 Å². The van der Waals surface area contributed by atoms with Crippen molar-refractivity contribution in [3.8, 4) is 0 Å². The highest BCUT2D eigenvalue weighted by atomic mass is 32.2. The number of imide groups is 1. The van der Waals surface area contributed by atoms with Crippen LogP contribution in [0.1, 0.15) is 51.9 Å². The molecule has 2 N–H and O–H groups in total. The van der Waals surface area contributed by atoms with E-state index in [-0.39, 0.29) is 11.8 Å². The fourth-order valence-corrected chi connectivity index (χ4v) is 4.11. The van der Waals surface area contributed by atoms with Crippen LogP contribution in [0.25, 0.3) is 0 Å². The first kappa shape index (κ1) is 21.0. The minimum Gasteiger partial charge on any atom is -0.452 e. The lowest BCUT2D eigenvalue weighted by atomic mass is 9.96. The second-order valence-electron chi connectivity index (χ2n) is 6.68. The third-order valence-corrected chi connectivity index (χ3v) is 6.03. The molecule has 0 aromatic rings. The smallest absolute Gasteiger partial charge is 0.321 e. The zero-order chi connectivity index (χ0) is 18.9. The zero-order valence-electron chi connectivity index (χ0n) is 15.1. The fourth-order valence-electron chi connectivity index (χ4n) is 3.08. The van der Waals surface area contributed by atoms with Crippen molar-refractivity contribution in [2.45, 2.75) is 64.0 Å². The van der Waals surface area contributed by atoms with Crippen molar-refractivity contribution in [2.24, 2.45) is 0 Å². The Labute approximate surface area is 164 Å². The van der Waals surface area contributed by atoms with E-state index in [1.807, 2.05) is 0 Å². The molecule has 2 aliphatic rings. The Morgan fingerprint density at radius 1 is 1.15 bits per heavy atom. The second-order valence-corrected chi connectivity index (χ2v) is 8.29. The fraction of sp³-hybridized carbons (Fsp3) is 0.765. The maximum atomic E-state index is 12.0. The number of nitrogens with zero attached hydrogens (tertiary/aromatic N) is 1. The number of hydrogen-bond donors (Lipinski definition) is 2. The number of likely N-dealkylation sites (tertiary alicyclic amines) is 1. The van der Waals surface area contributed by atoms with E-state index < -0.39 is 24.0 Å². The number of thiocarbonyl (C=S) groups is 1. The third-order valence-electron chi connectivity index (χ3n) is 4.53. The van der Waals surface area contributed by atoms with E-state index in [0.29, 0.717) is 4.32 Å². The minimum absolute atomic E-state index is 0.0568. The molecule has 26 heavy (non-hydrogen) atoms. The van der Waals surface area contributed by atoms with Crippen LogP contribution in [0.15, 0.2) is 0 Å². The molecule has 1 saturated carbocycles. The molecule has 1 aliphatic heterocycles. The van der Waals surface area contributed by atoms with Crippen molar-refractivity contribution in [3.05, 3.63) is 0 Å². The maximum absolute atomic E-state index is 12.0. The molecular formula is C17H27N3O4S2. The largest absolute Gasteiger partial charge is 0.452 e. The molecule has 146 valence electrons. The van der Waals surface area contributed by atoms with Gasteiger partial charge in [0, 0.05) is 19.1 Å². The number of ether oxygens (including phenoxy) is 1. The molecule has 1 saturated heterocycles. The number of urea groups is 1. The number of esters is 1. The molecular weight excluding hydrogens is 374 g/mol. The molecule has 3 amide bonds. The highest BCUT2D eigenvalue weighted by molar-refractivity contribution is 8.23. The average molecular weight is 402 g/mol. The van der Waals surface area contributed by atoms with Crippen molar-refractivity contribution in [1.29, 1.82) is 0 Å². The summed E-state index contributed by atoms with van der Waals surface area (Å²) in [6.45, 7) is 3.30. The standard InChI is InChI=1S/C17H27N3O4S2/c1-12(15(22)19-16(23)18-13-7-3-2-4-8-13)24-14(21)11-26-17(25)20-9-5-6-10-20/h12-13H,2-11H2,1H3,(H2,18,19,22,23)/t12-/m1/s1. The summed E-state index contributed by atoms with van der Waals surface area (Å²) in [5.74, 6) is -1.09. The lowest BCUT2D eigenvalue weighted by Crippen LogP contribution is -2.48. The van der Waals surface area contributed by atoms with Gasteiger partial charge in [-0.15, -0.1) is 0 Å². The molecule has 1 heterocycles. The van der Waals surface area contributed by atoms with Crippen molar-refractivity contribution < 1.29 is 19.1 Å². The number of thioether (sulfide) groups is 1. The van der Waals surface area contributed by atoms with Gasteiger partial charge < -0.3 is 15.0 Å². The Balaban J connectivity index is 1.64. The predicted molar refractivity (Wildman–Crippen MR) is 105 cm³/mol. The minimum atomic E-state index is -1.03. The summed E-state index contributed by atoms with van der Waals surface area (Å²) in [4.78, 5) is 37.8. The molecule has 0 unspecified atom stereocenters. The van der Waals surface area contributed by atoms with Crippen LogP contribution in [-0.4, -0.2) is 58.1 Å². The highest BCUT2D eigenvalue weighted by Gasteiger charge is 2.23. The van der Waals surface area contributed by atoms with Crippen molar-refractivity contribution in [1.82, 2.24) is 15.5 Å². The summed E-state index contributed by atoms with van der Waals surface area (Å²) in [7, 11) is 0. The number of carbonyl (C=O) groups excluding carboxylic acids is 3. The summed E-state index contributed by atoms with van der Waals surface area (Å²) in [5.41, 5.74) is 0. The van der Waals surface area contributed by atoms with Gasteiger partial charge in [-0.3, -0.25) is 14.9 Å². The van der Waals surface area contributed by atoms with Gasteiger partial charge in [-0.2, -0.15) is 0 Å². The van der Waals surface area contributed by atoms with E-state index in [1.165, 1.54) is 25.1 Å². The first-order valence-corrected chi connectivity index (χ1v) is 10.6. The Bertz CT molecular complexity index is 532. The van der Waals surface area contributed by atoms with Gasteiger partial charge in [0.25, 0.3) is 5.91 Å². The molecule has 1 aliphatic carbocycles. The van der Waals surface area contributed by atoms with Gasteiger partial charge in [-0.25, -0.2) is 4.79 Å².